The Morgan fingerprint density at radius 3 is 2.67 bits per heavy atom. The van der Waals surface area contributed by atoms with Crippen molar-refractivity contribution in [2.24, 2.45) is 10.7 Å². The molecule has 0 spiro atoms. The molecular weight excluding hydrogens is 228 g/mol. The first-order valence-corrected chi connectivity index (χ1v) is 5.70. The highest BCUT2D eigenvalue weighted by atomic mass is 16.5. The van der Waals surface area contributed by atoms with Gasteiger partial charge in [0.05, 0.1) is 12.2 Å². The van der Waals surface area contributed by atoms with E-state index < -0.39 is 0 Å². The fraction of sp³-hybridized carbons (Fsp3) is 0.231. The summed E-state index contributed by atoms with van der Waals surface area (Å²) >= 11 is 0. The summed E-state index contributed by atoms with van der Waals surface area (Å²) in [6.07, 6.45) is 0. The molecule has 0 amide bonds. The van der Waals surface area contributed by atoms with Gasteiger partial charge in [0, 0.05) is 11.3 Å². The van der Waals surface area contributed by atoms with Crippen LogP contribution in [0.5, 0.6) is 0 Å². The van der Waals surface area contributed by atoms with Gasteiger partial charge in [-0.25, -0.2) is 4.99 Å². The summed E-state index contributed by atoms with van der Waals surface area (Å²) in [7, 11) is 0. The molecule has 2 aromatic rings. The molecule has 0 saturated carbocycles. The van der Waals surface area contributed by atoms with E-state index in [1.54, 1.807) is 0 Å². The van der Waals surface area contributed by atoms with E-state index in [1.165, 1.54) is 0 Å². The molecule has 0 saturated heterocycles. The largest absolute Gasteiger partial charge is 0.370 e. The van der Waals surface area contributed by atoms with Gasteiger partial charge >= 0.3 is 0 Å². The third-order valence-electron chi connectivity index (χ3n) is 2.63. The van der Waals surface area contributed by atoms with Gasteiger partial charge in [-0.2, -0.15) is 0 Å². The topological polar surface area (TPSA) is 76.4 Å². The van der Waals surface area contributed by atoms with Crippen LogP contribution < -0.4 is 11.1 Å². The molecule has 0 aliphatic rings. The number of anilines is 1. The zero-order valence-corrected chi connectivity index (χ0v) is 10.5. The first-order valence-electron chi connectivity index (χ1n) is 5.70. The minimum absolute atomic E-state index is 0.376. The van der Waals surface area contributed by atoms with Crippen LogP contribution >= 0.6 is 0 Å². The maximum atomic E-state index is 5.81. The number of guanidine groups is 1. The van der Waals surface area contributed by atoms with Crippen LogP contribution in [0.1, 0.15) is 17.0 Å². The number of rotatable bonds is 3. The maximum absolute atomic E-state index is 5.81. The summed E-state index contributed by atoms with van der Waals surface area (Å²) in [5.74, 6) is 1.16. The Bertz CT molecular complexity index is 526. The number of nitrogens with zero attached hydrogens (tertiary/aromatic N) is 2. The van der Waals surface area contributed by atoms with Crippen molar-refractivity contribution in [1.82, 2.24) is 5.16 Å². The highest BCUT2D eigenvalue weighted by molar-refractivity contribution is 5.92. The van der Waals surface area contributed by atoms with E-state index >= 15 is 0 Å². The van der Waals surface area contributed by atoms with Gasteiger partial charge < -0.3 is 15.6 Å². The van der Waals surface area contributed by atoms with Gasteiger partial charge in [0.25, 0.3) is 0 Å². The van der Waals surface area contributed by atoms with E-state index in [0.717, 1.165) is 22.7 Å². The van der Waals surface area contributed by atoms with Gasteiger partial charge in [-0.15, -0.1) is 0 Å². The fourth-order valence-corrected chi connectivity index (χ4v) is 1.60. The van der Waals surface area contributed by atoms with Gasteiger partial charge in [-0.3, -0.25) is 0 Å². The fourth-order valence-electron chi connectivity index (χ4n) is 1.60. The Morgan fingerprint density at radius 2 is 2.06 bits per heavy atom. The molecule has 0 aliphatic carbocycles. The Kier molecular flexibility index (Phi) is 3.62. The lowest BCUT2D eigenvalue weighted by molar-refractivity contribution is 0.392. The number of nitrogens with two attached hydrogens (primary N) is 1. The van der Waals surface area contributed by atoms with Crippen LogP contribution in [0, 0.1) is 13.8 Å². The molecule has 5 nitrogen and oxygen atoms in total. The molecular formula is C13H16N4O. The standard InChI is InChI=1S/C13H16N4O/c1-9-12(10(2)18-17-9)8-15-13(14)16-11-6-4-3-5-7-11/h3-7H,8H2,1-2H3,(H3,14,15,16). The smallest absolute Gasteiger partial charge is 0.193 e. The van der Waals surface area contributed by atoms with Crippen molar-refractivity contribution in [3.63, 3.8) is 0 Å². The van der Waals surface area contributed by atoms with Crippen molar-refractivity contribution in [3.8, 4) is 0 Å². The second-order valence-electron chi connectivity index (χ2n) is 4.00. The number of hydrogen-bond donors (Lipinski definition) is 2. The number of aryl methyl sites for hydroxylation is 2. The second-order valence-corrected chi connectivity index (χ2v) is 4.00. The number of aromatic nitrogens is 1. The first kappa shape index (κ1) is 12.2. The predicted molar refractivity (Wildman–Crippen MR) is 71.4 cm³/mol. The number of aliphatic imine (C=N–C) groups is 1. The lowest BCUT2D eigenvalue weighted by Gasteiger charge is -2.04. The number of benzene rings is 1. The van der Waals surface area contributed by atoms with E-state index in [1.807, 2.05) is 44.2 Å². The molecule has 18 heavy (non-hydrogen) atoms. The SMILES string of the molecule is Cc1noc(C)c1CN=C(N)Nc1ccccc1. The highest BCUT2D eigenvalue weighted by Crippen LogP contribution is 2.13. The maximum Gasteiger partial charge on any atom is 0.193 e. The molecule has 1 aromatic heterocycles. The molecule has 1 aromatic carbocycles. The number of nitrogens with one attached hydrogen (secondary N) is 1. The monoisotopic (exact) mass is 244 g/mol. The van der Waals surface area contributed by atoms with Crippen molar-refractivity contribution in [1.29, 1.82) is 0 Å². The van der Waals surface area contributed by atoms with Crippen LogP contribution in [0.25, 0.3) is 0 Å². The Labute approximate surface area is 106 Å². The summed E-state index contributed by atoms with van der Waals surface area (Å²) in [4.78, 5) is 4.27. The normalized spacial score (nSPS) is 11.6. The molecule has 2 rings (SSSR count). The van der Waals surface area contributed by atoms with E-state index in [9.17, 15) is 0 Å². The van der Waals surface area contributed by atoms with Crippen LogP contribution in [0.2, 0.25) is 0 Å². The summed E-state index contributed by atoms with van der Waals surface area (Å²) < 4.78 is 5.07. The van der Waals surface area contributed by atoms with Crippen molar-refractivity contribution in [2.75, 3.05) is 5.32 Å². The van der Waals surface area contributed by atoms with Gasteiger partial charge in [-0.05, 0) is 26.0 Å². The predicted octanol–water partition coefficient (Wildman–Crippen LogP) is 2.22. The minimum atomic E-state index is 0.376. The highest BCUT2D eigenvalue weighted by Gasteiger charge is 2.07. The average molecular weight is 244 g/mol. The zero-order valence-electron chi connectivity index (χ0n) is 10.5. The third-order valence-corrected chi connectivity index (χ3v) is 2.63. The Hall–Kier alpha value is -2.30. The molecule has 5 heteroatoms. The molecule has 0 bridgehead atoms. The molecule has 0 aliphatic heterocycles. The second kappa shape index (κ2) is 5.35. The van der Waals surface area contributed by atoms with Gasteiger partial charge in [0.15, 0.2) is 5.96 Å². The average Bonchev–Trinajstić information content (AvgIpc) is 2.68. The van der Waals surface area contributed by atoms with Crippen LogP contribution in [-0.4, -0.2) is 11.1 Å². The number of hydrogen-bond acceptors (Lipinski definition) is 3. The third kappa shape index (κ3) is 2.88. The van der Waals surface area contributed by atoms with Gasteiger partial charge in [0.1, 0.15) is 5.76 Å². The summed E-state index contributed by atoms with van der Waals surface area (Å²) in [5.41, 5.74) is 8.55. The Morgan fingerprint density at radius 1 is 1.33 bits per heavy atom. The van der Waals surface area contributed by atoms with Gasteiger partial charge in [0.2, 0.25) is 0 Å². The molecule has 1 heterocycles. The lowest BCUT2D eigenvalue weighted by atomic mass is 10.2. The Balaban J connectivity index is 2.02. The molecule has 0 atom stereocenters. The minimum Gasteiger partial charge on any atom is -0.370 e. The van der Waals surface area contributed by atoms with Crippen LogP contribution in [0.4, 0.5) is 5.69 Å². The van der Waals surface area contributed by atoms with Crippen LogP contribution in [0.15, 0.2) is 39.8 Å². The van der Waals surface area contributed by atoms with Crippen molar-refractivity contribution < 1.29 is 4.52 Å². The molecule has 0 unspecified atom stereocenters. The van der Waals surface area contributed by atoms with Gasteiger partial charge in [-0.1, -0.05) is 23.4 Å². The van der Waals surface area contributed by atoms with E-state index in [0.29, 0.717) is 12.5 Å². The molecule has 94 valence electrons. The van der Waals surface area contributed by atoms with E-state index in [2.05, 4.69) is 15.5 Å². The first-order chi connectivity index (χ1) is 8.66. The summed E-state index contributed by atoms with van der Waals surface area (Å²) in [6.45, 7) is 4.22. The molecule has 0 radical (unpaired) electrons. The van der Waals surface area contributed by atoms with Crippen molar-refractivity contribution >= 4 is 11.6 Å². The van der Waals surface area contributed by atoms with Crippen molar-refractivity contribution in [3.05, 3.63) is 47.3 Å². The lowest BCUT2D eigenvalue weighted by Crippen LogP contribution is -2.22. The van der Waals surface area contributed by atoms with Crippen LogP contribution in [0.3, 0.4) is 0 Å². The quantitative estimate of drug-likeness (QED) is 0.641. The summed E-state index contributed by atoms with van der Waals surface area (Å²) in [6, 6.07) is 9.67. The number of para-hydroxylation sites is 1. The molecule has 3 N–H and O–H groups in total. The van der Waals surface area contributed by atoms with Crippen LogP contribution in [-0.2, 0) is 6.54 Å². The molecule has 0 fully saturated rings. The summed E-state index contributed by atoms with van der Waals surface area (Å²) in [5, 5.41) is 6.89. The van der Waals surface area contributed by atoms with Crippen molar-refractivity contribution in [2.45, 2.75) is 20.4 Å². The zero-order chi connectivity index (χ0) is 13.0. The van der Waals surface area contributed by atoms with E-state index in [4.69, 9.17) is 10.3 Å². The van der Waals surface area contributed by atoms with E-state index in [-0.39, 0.29) is 0 Å².